The van der Waals surface area contributed by atoms with Crippen molar-refractivity contribution in [1.29, 1.82) is 0 Å². The Morgan fingerprint density at radius 1 is 1.04 bits per heavy atom. The predicted molar refractivity (Wildman–Crippen MR) is 93.4 cm³/mol. The Labute approximate surface area is 139 Å². The molecular weight excluding hydrogens is 312 g/mol. The minimum atomic E-state index is 0.377. The zero-order valence-corrected chi connectivity index (χ0v) is 13.5. The van der Waals surface area contributed by atoms with E-state index in [1.165, 1.54) is 0 Å². The zero-order chi connectivity index (χ0) is 16.2. The highest BCUT2D eigenvalue weighted by Crippen LogP contribution is 2.25. The summed E-state index contributed by atoms with van der Waals surface area (Å²) in [6.45, 7) is 1.92. The lowest BCUT2D eigenvalue weighted by Gasteiger charge is -2.07. The first-order chi connectivity index (χ1) is 11.2. The molecule has 3 rings (SSSR count). The standard InChI is InChI=1S/C17H15ClN4O/c1-11(12-7-9-13(23-2)10-8-12)19-21-17-15-6-4-3-5-14(15)16(18)20-22-17/h3-10H,1-2H3,(H,21,22)/b19-11-. The van der Waals surface area contributed by atoms with Crippen LogP contribution in [0.4, 0.5) is 5.82 Å². The molecule has 0 aliphatic heterocycles. The molecule has 3 aromatic rings. The average Bonchev–Trinajstić information content (AvgIpc) is 2.61. The first kappa shape index (κ1) is 15.2. The summed E-state index contributed by atoms with van der Waals surface area (Å²) in [6, 6.07) is 15.3. The van der Waals surface area contributed by atoms with Crippen molar-refractivity contribution >= 4 is 33.9 Å². The molecule has 2 aromatic carbocycles. The lowest BCUT2D eigenvalue weighted by atomic mass is 10.1. The van der Waals surface area contributed by atoms with Gasteiger partial charge in [-0.3, -0.25) is 5.43 Å². The number of hydrazone groups is 1. The van der Waals surface area contributed by atoms with Gasteiger partial charge in [0.15, 0.2) is 11.0 Å². The maximum Gasteiger partial charge on any atom is 0.176 e. The Kier molecular flexibility index (Phi) is 4.39. The zero-order valence-electron chi connectivity index (χ0n) is 12.7. The molecule has 0 bridgehead atoms. The summed E-state index contributed by atoms with van der Waals surface area (Å²) >= 11 is 6.07. The van der Waals surface area contributed by atoms with Crippen LogP contribution in [0, 0.1) is 0 Å². The minimum absolute atomic E-state index is 0.377. The summed E-state index contributed by atoms with van der Waals surface area (Å²) in [6.07, 6.45) is 0. The van der Waals surface area contributed by atoms with E-state index in [1.54, 1.807) is 7.11 Å². The van der Waals surface area contributed by atoms with E-state index >= 15 is 0 Å². The van der Waals surface area contributed by atoms with Crippen LogP contribution >= 0.6 is 11.6 Å². The van der Waals surface area contributed by atoms with Crippen LogP contribution in [0.2, 0.25) is 5.15 Å². The van der Waals surface area contributed by atoms with E-state index in [0.29, 0.717) is 11.0 Å². The Hall–Kier alpha value is -2.66. The quantitative estimate of drug-likeness (QED) is 0.578. The van der Waals surface area contributed by atoms with Gasteiger partial charge in [-0.25, -0.2) is 0 Å². The van der Waals surface area contributed by atoms with Gasteiger partial charge in [-0.2, -0.15) is 5.10 Å². The van der Waals surface area contributed by atoms with Crippen LogP contribution in [0.25, 0.3) is 10.8 Å². The molecule has 0 amide bonds. The van der Waals surface area contributed by atoms with Crippen LogP contribution in [0.1, 0.15) is 12.5 Å². The highest BCUT2D eigenvalue weighted by molar-refractivity contribution is 6.34. The molecule has 0 unspecified atom stereocenters. The number of nitrogens with one attached hydrogen (secondary N) is 1. The number of benzene rings is 2. The minimum Gasteiger partial charge on any atom is -0.497 e. The topological polar surface area (TPSA) is 59.4 Å². The number of halogens is 1. The lowest BCUT2D eigenvalue weighted by Crippen LogP contribution is -2.02. The van der Waals surface area contributed by atoms with Crippen molar-refractivity contribution in [1.82, 2.24) is 10.2 Å². The fraction of sp³-hybridized carbons (Fsp3) is 0.118. The van der Waals surface area contributed by atoms with E-state index in [2.05, 4.69) is 20.7 Å². The monoisotopic (exact) mass is 326 g/mol. The molecule has 23 heavy (non-hydrogen) atoms. The van der Waals surface area contributed by atoms with Crippen LogP contribution in [-0.4, -0.2) is 23.0 Å². The maximum absolute atomic E-state index is 6.07. The number of fused-ring (bicyclic) bond motifs is 1. The van der Waals surface area contributed by atoms with Crippen molar-refractivity contribution < 1.29 is 4.74 Å². The molecule has 0 saturated heterocycles. The number of methoxy groups -OCH3 is 1. The second-order valence-electron chi connectivity index (χ2n) is 4.92. The number of rotatable bonds is 4. The smallest absolute Gasteiger partial charge is 0.176 e. The highest BCUT2D eigenvalue weighted by Gasteiger charge is 2.07. The van der Waals surface area contributed by atoms with Crippen LogP contribution in [0.3, 0.4) is 0 Å². The Balaban J connectivity index is 1.88. The first-order valence-electron chi connectivity index (χ1n) is 7.04. The number of aromatic nitrogens is 2. The van der Waals surface area contributed by atoms with Crippen LogP contribution in [0.5, 0.6) is 5.75 Å². The van der Waals surface area contributed by atoms with Crippen LogP contribution in [0.15, 0.2) is 53.6 Å². The molecule has 1 N–H and O–H groups in total. The third kappa shape index (κ3) is 3.24. The second kappa shape index (κ2) is 6.62. The summed E-state index contributed by atoms with van der Waals surface area (Å²) < 4.78 is 5.15. The molecule has 0 aliphatic rings. The van der Waals surface area contributed by atoms with Gasteiger partial charge in [0.1, 0.15) is 5.75 Å². The molecule has 0 spiro atoms. The van der Waals surface area contributed by atoms with Gasteiger partial charge in [0, 0.05) is 10.8 Å². The molecule has 0 atom stereocenters. The van der Waals surface area contributed by atoms with Crippen LogP contribution in [-0.2, 0) is 0 Å². The largest absolute Gasteiger partial charge is 0.497 e. The molecule has 5 nitrogen and oxygen atoms in total. The molecule has 0 aliphatic carbocycles. The molecule has 0 radical (unpaired) electrons. The second-order valence-corrected chi connectivity index (χ2v) is 5.28. The van der Waals surface area contributed by atoms with Gasteiger partial charge in [0.05, 0.1) is 12.8 Å². The number of ether oxygens (including phenoxy) is 1. The van der Waals surface area contributed by atoms with Gasteiger partial charge in [0.2, 0.25) is 0 Å². The number of nitrogens with zero attached hydrogens (tertiary/aromatic N) is 3. The van der Waals surface area contributed by atoms with Gasteiger partial charge < -0.3 is 4.74 Å². The Morgan fingerprint density at radius 3 is 2.43 bits per heavy atom. The molecular formula is C17H15ClN4O. The SMILES string of the molecule is COc1ccc(/C(C)=N\Nc2nnc(Cl)c3ccccc23)cc1. The number of hydrogen-bond donors (Lipinski definition) is 1. The van der Waals surface area contributed by atoms with E-state index in [0.717, 1.165) is 27.8 Å². The van der Waals surface area contributed by atoms with Gasteiger partial charge in [-0.15, -0.1) is 10.2 Å². The molecule has 1 heterocycles. The lowest BCUT2D eigenvalue weighted by molar-refractivity contribution is 0.415. The highest BCUT2D eigenvalue weighted by atomic mass is 35.5. The van der Waals surface area contributed by atoms with Gasteiger partial charge in [0.25, 0.3) is 0 Å². The summed E-state index contributed by atoms with van der Waals surface area (Å²) in [7, 11) is 1.64. The normalized spacial score (nSPS) is 11.5. The van der Waals surface area contributed by atoms with E-state index in [1.807, 2.05) is 55.5 Å². The molecule has 0 saturated carbocycles. The number of hydrogen-bond acceptors (Lipinski definition) is 5. The fourth-order valence-corrected chi connectivity index (χ4v) is 2.39. The predicted octanol–water partition coefficient (Wildman–Crippen LogP) is 4.13. The Morgan fingerprint density at radius 2 is 1.74 bits per heavy atom. The van der Waals surface area contributed by atoms with Crippen molar-refractivity contribution in [2.75, 3.05) is 12.5 Å². The molecule has 116 valence electrons. The van der Waals surface area contributed by atoms with Gasteiger partial charge >= 0.3 is 0 Å². The van der Waals surface area contributed by atoms with E-state index in [-0.39, 0.29) is 0 Å². The average molecular weight is 327 g/mol. The Bertz CT molecular complexity index is 862. The summed E-state index contributed by atoms with van der Waals surface area (Å²) in [5.41, 5.74) is 4.78. The fourth-order valence-electron chi connectivity index (χ4n) is 2.19. The third-order valence-corrected chi connectivity index (χ3v) is 3.76. The number of anilines is 1. The van der Waals surface area contributed by atoms with E-state index in [9.17, 15) is 0 Å². The summed E-state index contributed by atoms with van der Waals surface area (Å²) in [5.74, 6) is 1.38. The summed E-state index contributed by atoms with van der Waals surface area (Å²) in [4.78, 5) is 0. The van der Waals surface area contributed by atoms with Crippen LogP contribution < -0.4 is 10.2 Å². The van der Waals surface area contributed by atoms with E-state index in [4.69, 9.17) is 16.3 Å². The maximum atomic E-state index is 6.07. The van der Waals surface area contributed by atoms with Crippen molar-refractivity contribution in [3.63, 3.8) is 0 Å². The van der Waals surface area contributed by atoms with Crippen molar-refractivity contribution in [2.45, 2.75) is 6.92 Å². The van der Waals surface area contributed by atoms with Crippen molar-refractivity contribution in [3.8, 4) is 5.75 Å². The van der Waals surface area contributed by atoms with Gasteiger partial charge in [-0.1, -0.05) is 35.9 Å². The third-order valence-electron chi connectivity index (χ3n) is 3.48. The van der Waals surface area contributed by atoms with Crippen molar-refractivity contribution in [2.24, 2.45) is 5.10 Å². The van der Waals surface area contributed by atoms with Gasteiger partial charge in [-0.05, 0) is 36.8 Å². The van der Waals surface area contributed by atoms with E-state index < -0.39 is 0 Å². The van der Waals surface area contributed by atoms with Crippen molar-refractivity contribution in [3.05, 3.63) is 59.2 Å². The first-order valence-corrected chi connectivity index (χ1v) is 7.42. The molecule has 1 aromatic heterocycles. The molecule has 0 fully saturated rings. The molecule has 6 heteroatoms. The summed E-state index contributed by atoms with van der Waals surface area (Å²) in [5, 5.41) is 14.5.